The molecule has 0 spiro atoms. The molecule has 0 aliphatic carbocycles. The summed E-state index contributed by atoms with van der Waals surface area (Å²) in [5, 5.41) is 3.44. The van der Waals surface area contributed by atoms with Crippen molar-refractivity contribution in [2.45, 2.75) is 53.6 Å². The topological polar surface area (TPSA) is 21.3 Å². The minimum absolute atomic E-state index is 0.520. The van der Waals surface area contributed by atoms with Crippen molar-refractivity contribution in [1.82, 2.24) is 5.32 Å². The number of benzene rings is 1. The molecule has 0 aliphatic rings. The lowest BCUT2D eigenvalue weighted by molar-refractivity contribution is 0.313. The smallest absolute Gasteiger partial charge is 0.125 e. The van der Waals surface area contributed by atoms with E-state index >= 15 is 0 Å². The third kappa shape index (κ3) is 4.39. The van der Waals surface area contributed by atoms with Gasteiger partial charge >= 0.3 is 0 Å². The van der Waals surface area contributed by atoms with E-state index in [1.807, 2.05) is 0 Å². The van der Waals surface area contributed by atoms with Crippen molar-refractivity contribution in [2.24, 2.45) is 0 Å². The molecular weight excluding hydrogens is 210 g/mol. The molecule has 96 valence electrons. The Morgan fingerprint density at radius 2 is 1.76 bits per heavy atom. The van der Waals surface area contributed by atoms with Gasteiger partial charge in [-0.25, -0.2) is 0 Å². The fraction of sp³-hybridized carbons (Fsp3) is 0.600. The third-order valence-electron chi connectivity index (χ3n) is 2.69. The van der Waals surface area contributed by atoms with Crippen molar-refractivity contribution in [3.8, 4) is 5.75 Å². The predicted octanol–water partition coefficient (Wildman–Crippen LogP) is 3.59. The summed E-state index contributed by atoms with van der Waals surface area (Å²) in [6.45, 7) is 12.4. The van der Waals surface area contributed by atoms with Crippen molar-refractivity contribution in [3.63, 3.8) is 0 Å². The van der Waals surface area contributed by atoms with Gasteiger partial charge in [0.2, 0.25) is 0 Å². The van der Waals surface area contributed by atoms with Crippen LogP contribution in [0.3, 0.4) is 0 Å². The maximum atomic E-state index is 5.78. The molecular formula is C15H25NO. The Balaban J connectivity index is 2.78. The molecule has 0 fully saturated rings. The first-order valence-corrected chi connectivity index (χ1v) is 6.51. The summed E-state index contributed by atoms with van der Waals surface area (Å²) < 4.78 is 5.78. The van der Waals surface area contributed by atoms with Crippen LogP contribution < -0.4 is 10.1 Å². The molecule has 0 aromatic heterocycles. The van der Waals surface area contributed by atoms with E-state index in [2.05, 4.69) is 52.1 Å². The van der Waals surface area contributed by atoms with Crippen LogP contribution in [0.2, 0.25) is 0 Å². The minimum Gasteiger partial charge on any atom is -0.493 e. The Morgan fingerprint density at radius 3 is 2.24 bits per heavy atom. The zero-order chi connectivity index (χ0) is 12.8. The third-order valence-corrected chi connectivity index (χ3v) is 2.69. The van der Waals surface area contributed by atoms with Crippen molar-refractivity contribution >= 4 is 0 Å². The molecule has 1 aromatic rings. The van der Waals surface area contributed by atoms with Gasteiger partial charge in [-0.1, -0.05) is 32.9 Å². The van der Waals surface area contributed by atoms with E-state index < -0.39 is 0 Å². The van der Waals surface area contributed by atoms with E-state index in [0.717, 1.165) is 25.3 Å². The van der Waals surface area contributed by atoms with Crippen molar-refractivity contribution in [1.29, 1.82) is 0 Å². The molecule has 1 N–H and O–H groups in total. The van der Waals surface area contributed by atoms with E-state index in [4.69, 9.17) is 4.74 Å². The second-order valence-electron chi connectivity index (χ2n) is 4.94. The normalized spacial score (nSPS) is 10.9. The molecule has 0 heterocycles. The molecule has 0 radical (unpaired) electrons. The maximum Gasteiger partial charge on any atom is 0.125 e. The largest absolute Gasteiger partial charge is 0.493 e. The summed E-state index contributed by atoms with van der Waals surface area (Å²) in [6, 6.07) is 4.95. The van der Waals surface area contributed by atoms with E-state index in [-0.39, 0.29) is 0 Å². The highest BCUT2D eigenvalue weighted by molar-refractivity contribution is 5.43. The van der Waals surface area contributed by atoms with Crippen LogP contribution >= 0.6 is 0 Å². The number of hydrogen-bond acceptors (Lipinski definition) is 2. The van der Waals surface area contributed by atoms with E-state index in [9.17, 15) is 0 Å². The van der Waals surface area contributed by atoms with Crippen LogP contribution in [0.4, 0.5) is 0 Å². The summed E-state index contributed by atoms with van der Waals surface area (Å²) in [6.07, 6.45) is 1.05. The Hall–Kier alpha value is -1.02. The van der Waals surface area contributed by atoms with Gasteiger partial charge in [0, 0.05) is 12.6 Å². The summed E-state index contributed by atoms with van der Waals surface area (Å²) in [5.74, 6) is 1.06. The fourth-order valence-corrected chi connectivity index (χ4v) is 1.90. The lowest BCUT2D eigenvalue weighted by atomic mass is 10.1. The van der Waals surface area contributed by atoms with E-state index in [0.29, 0.717) is 6.04 Å². The number of rotatable bonds is 6. The Morgan fingerprint density at radius 1 is 1.18 bits per heavy atom. The van der Waals surface area contributed by atoms with Crippen LogP contribution in [0.1, 0.15) is 43.9 Å². The summed E-state index contributed by atoms with van der Waals surface area (Å²) >= 11 is 0. The molecule has 0 amide bonds. The number of nitrogens with one attached hydrogen (secondary N) is 1. The van der Waals surface area contributed by atoms with Crippen LogP contribution in [0.5, 0.6) is 5.75 Å². The quantitative estimate of drug-likeness (QED) is 0.813. The highest BCUT2D eigenvalue weighted by Crippen LogP contribution is 2.25. The number of aryl methyl sites for hydroxylation is 2. The molecule has 0 unspecified atom stereocenters. The first kappa shape index (κ1) is 14.0. The molecule has 0 saturated heterocycles. The average molecular weight is 235 g/mol. The molecule has 1 rings (SSSR count). The Labute approximate surface area is 105 Å². The minimum atomic E-state index is 0.520. The SMILES string of the molecule is CCCOc1c(C)cc(CNC(C)C)cc1C. The molecule has 0 saturated carbocycles. The van der Waals surface area contributed by atoms with Crippen LogP contribution in [-0.2, 0) is 6.54 Å². The lowest BCUT2D eigenvalue weighted by Gasteiger charge is -2.15. The molecule has 0 aliphatic heterocycles. The van der Waals surface area contributed by atoms with Gasteiger partial charge in [0.25, 0.3) is 0 Å². The second-order valence-corrected chi connectivity index (χ2v) is 4.94. The summed E-state index contributed by atoms with van der Waals surface area (Å²) in [5.41, 5.74) is 3.80. The highest BCUT2D eigenvalue weighted by Gasteiger charge is 2.06. The number of ether oxygens (including phenoxy) is 1. The molecule has 0 bridgehead atoms. The first-order valence-electron chi connectivity index (χ1n) is 6.51. The molecule has 2 nitrogen and oxygen atoms in total. The van der Waals surface area contributed by atoms with Gasteiger partial charge in [0.05, 0.1) is 6.61 Å². The van der Waals surface area contributed by atoms with Crippen LogP contribution in [-0.4, -0.2) is 12.6 Å². The second kappa shape index (κ2) is 6.65. The first-order chi connectivity index (χ1) is 8.04. The average Bonchev–Trinajstić information content (AvgIpc) is 2.25. The molecule has 1 aromatic carbocycles. The van der Waals surface area contributed by atoms with Gasteiger partial charge in [-0.2, -0.15) is 0 Å². The van der Waals surface area contributed by atoms with Crippen molar-refractivity contribution in [3.05, 3.63) is 28.8 Å². The predicted molar refractivity (Wildman–Crippen MR) is 73.7 cm³/mol. The van der Waals surface area contributed by atoms with Crippen molar-refractivity contribution in [2.75, 3.05) is 6.61 Å². The Bertz CT molecular complexity index is 335. The molecule has 17 heavy (non-hydrogen) atoms. The summed E-state index contributed by atoms with van der Waals surface area (Å²) in [7, 11) is 0. The monoisotopic (exact) mass is 235 g/mol. The van der Waals surface area contributed by atoms with Gasteiger partial charge in [0.15, 0.2) is 0 Å². The van der Waals surface area contributed by atoms with Crippen LogP contribution in [0.15, 0.2) is 12.1 Å². The number of hydrogen-bond donors (Lipinski definition) is 1. The maximum absolute atomic E-state index is 5.78. The molecule has 2 heteroatoms. The van der Waals surface area contributed by atoms with Gasteiger partial charge in [0.1, 0.15) is 5.75 Å². The zero-order valence-corrected chi connectivity index (χ0v) is 11.8. The van der Waals surface area contributed by atoms with E-state index in [1.54, 1.807) is 0 Å². The standard InChI is InChI=1S/C15H25NO/c1-6-7-17-15-12(4)8-14(9-13(15)5)10-16-11(2)3/h8-9,11,16H,6-7,10H2,1-5H3. The fourth-order valence-electron chi connectivity index (χ4n) is 1.90. The van der Waals surface area contributed by atoms with Gasteiger partial charge in [-0.3, -0.25) is 0 Å². The van der Waals surface area contributed by atoms with Crippen molar-refractivity contribution < 1.29 is 4.74 Å². The summed E-state index contributed by atoms with van der Waals surface area (Å²) in [4.78, 5) is 0. The van der Waals surface area contributed by atoms with Crippen LogP contribution in [0, 0.1) is 13.8 Å². The zero-order valence-electron chi connectivity index (χ0n) is 11.8. The van der Waals surface area contributed by atoms with Gasteiger partial charge in [-0.05, 0) is 37.0 Å². The Kier molecular flexibility index (Phi) is 5.49. The lowest BCUT2D eigenvalue weighted by Crippen LogP contribution is -2.21. The van der Waals surface area contributed by atoms with Gasteiger partial charge in [-0.15, -0.1) is 0 Å². The highest BCUT2D eigenvalue weighted by atomic mass is 16.5. The molecule has 0 atom stereocenters. The van der Waals surface area contributed by atoms with Crippen LogP contribution in [0.25, 0.3) is 0 Å². The van der Waals surface area contributed by atoms with Gasteiger partial charge < -0.3 is 10.1 Å². The van der Waals surface area contributed by atoms with E-state index in [1.165, 1.54) is 16.7 Å².